The molecule has 3 rings (SSSR count). The zero-order valence-electron chi connectivity index (χ0n) is 12.4. The van der Waals surface area contributed by atoms with Crippen LogP contribution in [0.5, 0.6) is 0 Å². The highest BCUT2D eigenvalue weighted by Crippen LogP contribution is 2.30. The summed E-state index contributed by atoms with van der Waals surface area (Å²) in [5, 5.41) is 13.7. The number of rotatable bonds is 5. The Morgan fingerprint density at radius 3 is 2.86 bits per heavy atom. The molecule has 22 heavy (non-hydrogen) atoms. The normalized spacial score (nSPS) is 23.7. The van der Waals surface area contributed by atoms with Gasteiger partial charge in [-0.25, -0.2) is 0 Å². The second-order valence-electron chi connectivity index (χ2n) is 5.44. The summed E-state index contributed by atoms with van der Waals surface area (Å²) in [6.45, 7) is 2.93. The van der Waals surface area contributed by atoms with E-state index in [0.29, 0.717) is 37.0 Å². The van der Waals surface area contributed by atoms with Crippen LogP contribution in [0.25, 0.3) is 0 Å². The van der Waals surface area contributed by atoms with E-state index in [1.165, 1.54) is 0 Å². The van der Waals surface area contributed by atoms with Crippen molar-refractivity contribution in [1.82, 2.24) is 15.0 Å². The molecule has 0 bridgehead atoms. The summed E-state index contributed by atoms with van der Waals surface area (Å²) in [4.78, 5) is 7.15. The average molecular weight is 321 g/mol. The molecule has 0 radical (unpaired) electrons. The van der Waals surface area contributed by atoms with Gasteiger partial charge in [-0.15, -0.1) is 0 Å². The van der Waals surface area contributed by atoms with Crippen molar-refractivity contribution in [2.75, 3.05) is 18.8 Å². The maximum Gasteiger partial charge on any atom is 0.244 e. The zero-order valence-corrected chi connectivity index (χ0v) is 13.2. The predicted octanol–water partition coefficient (Wildman–Crippen LogP) is 1.29. The molecule has 6 nitrogen and oxygen atoms in total. The monoisotopic (exact) mass is 321 g/mol. The summed E-state index contributed by atoms with van der Waals surface area (Å²) < 4.78 is 17.5. The Kier molecular flexibility index (Phi) is 4.66. The summed E-state index contributed by atoms with van der Waals surface area (Å²) in [5.41, 5.74) is 0. The van der Waals surface area contributed by atoms with E-state index in [-0.39, 0.29) is 6.04 Å². The highest BCUT2D eigenvalue weighted by atomic mass is 32.2. The van der Waals surface area contributed by atoms with Crippen LogP contribution in [0.2, 0.25) is 0 Å². The Morgan fingerprint density at radius 1 is 1.41 bits per heavy atom. The fourth-order valence-electron chi connectivity index (χ4n) is 2.72. The summed E-state index contributed by atoms with van der Waals surface area (Å²) in [6.07, 6.45) is 0.155. The van der Waals surface area contributed by atoms with Crippen LogP contribution in [0.1, 0.15) is 24.2 Å². The predicted molar refractivity (Wildman–Crippen MR) is 81.7 cm³/mol. The lowest BCUT2D eigenvalue weighted by molar-refractivity contribution is 0.176. The number of aliphatic hydroxyl groups excluding tert-OH is 1. The molecule has 1 aliphatic heterocycles. The van der Waals surface area contributed by atoms with E-state index in [2.05, 4.69) is 15.0 Å². The molecule has 1 aromatic carbocycles. The lowest BCUT2D eigenvalue weighted by Gasteiger charge is -2.20. The molecule has 0 amide bonds. The van der Waals surface area contributed by atoms with Crippen LogP contribution in [0.15, 0.2) is 39.8 Å². The molecule has 1 unspecified atom stereocenters. The van der Waals surface area contributed by atoms with Crippen LogP contribution in [0.3, 0.4) is 0 Å². The van der Waals surface area contributed by atoms with Crippen molar-refractivity contribution < 1.29 is 13.8 Å². The van der Waals surface area contributed by atoms with Gasteiger partial charge in [0, 0.05) is 23.7 Å². The standard InChI is InChI=1S/C15H19N3O3S/c1-11-16-15(21-17-11)14-9-12(19)10-18(14)7-8-22(20)13-5-3-2-4-6-13/h2-6,12,14,19H,7-10H2,1H3/t12-,14-,22?/m1/s1. The number of aryl methyl sites for hydroxylation is 1. The van der Waals surface area contributed by atoms with Gasteiger partial charge in [-0.05, 0) is 25.5 Å². The molecule has 1 N–H and O–H groups in total. The van der Waals surface area contributed by atoms with E-state index in [9.17, 15) is 9.32 Å². The first-order valence-electron chi connectivity index (χ1n) is 7.29. The number of likely N-dealkylation sites (tertiary alicyclic amines) is 1. The van der Waals surface area contributed by atoms with Crippen LogP contribution >= 0.6 is 0 Å². The topological polar surface area (TPSA) is 79.5 Å². The van der Waals surface area contributed by atoms with Crippen LogP contribution in [-0.2, 0) is 10.8 Å². The second kappa shape index (κ2) is 6.68. The lowest BCUT2D eigenvalue weighted by Crippen LogP contribution is -2.29. The number of β-amino-alcohol motifs (C(OH)–C–C–N with tert-alkyl or cyclic N) is 1. The molecule has 3 atom stereocenters. The van der Waals surface area contributed by atoms with Crippen LogP contribution in [0, 0.1) is 6.92 Å². The first kappa shape index (κ1) is 15.3. The van der Waals surface area contributed by atoms with Crippen molar-refractivity contribution in [3.63, 3.8) is 0 Å². The van der Waals surface area contributed by atoms with Gasteiger partial charge in [-0.2, -0.15) is 4.98 Å². The number of hydrogen-bond acceptors (Lipinski definition) is 6. The maximum absolute atomic E-state index is 12.3. The third-order valence-electron chi connectivity index (χ3n) is 3.78. The Balaban J connectivity index is 1.64. The number of benzene rings is 1. The van der Waals surface area contributed by atoms with Crippen molar-refractivity contribution in [1.29, 1.82) is 0 Å². The minimum Gasteiger partial charge on any atom is -0.392 e. The molecule has 0 saturated carbocycles. The lowest BCUT2D eigenvalue weighted by atomic mass is 10.2. The van der Waals surface area contributed by atoms with Crippen LogP contribution in [0.4, 0.5) is 0 Å². The van der Waals surface area contributed by atoms with Gasteiger partial charge in [0.1, 0.15) is 0 Å². The molecule has 0 aliphatic carbocycles. The minimum absolute atomic E-state index is 0.0935. The zero-order chi connectivity index (χ0) is 15.5. The Hall–Kier alpha value is -1.57. The number of aliphatic hydroxyl groups is 1. The van der Waals surface area contributed by atoms with Gasteiger partial charge < -0.3 is 9.63 Å². The molecule has 2 aromatic rings. The quantitative estimate of drug-likeness (QED) is 0.894. The molecule has 7 heteroatoms. The average Bonchev–Trinajstić information content (AvgIpc) is 3.11. The maximum atomic E-state index is 12.3. The van der Waals surface area contributed by atoms with E-state index in [0.717, 1.165) is 4.90 Å². The molecule has 1 fully saturated rings. The SMILES string of the molecule is Cc1noc([C@H]2C[C@@H](O)CN2CCS(=O)c2ccccc2)n1. The summed E-state index contributed by atoms with van der Waals surface area (Å²) in [5.74, 6) is 1.63. The molecule has 0 spiro atoms. The van der Waals surface area contributed by atoms with Gasteiger partial charge in [0.15, 0.2) is 5.82 Å². The highest BCUT2D eigenvalue weighted by Gasteiger charge is 2.35. The van der Waals surface area contributed by atoms with Crippen molar-refractivity contribution in [2.24, 2.45) is 0 Å². The largest absolute Gasteiger partial charge is 0.392 e. The second-order valence-corrected chi connectivity index (χ2v) is 7.01. The first-order chi connectivity index (χ1) is 10.6. The van der Waals surface area contributed by atoms with Crippen molar-refractivity contribution in [3.8, 4) is 0 Å². The summed E-state index contributed by atoms with van der Waals surface area (Å²) in [6, 6.07) is 9.32. The molecule has 1 aromatic heterocycles. The Labute approximate surface area is 131 Å². The van der Waals surface area contributed by atoms with E-state index < -0.39 is 16.9 Å². The Morgan fingerprint density at radius 2 is 2.18 bits per heavy atom. The van der Waals surface area contributed by atoms with E-state index in [4.69, 9.17) is 4.52 Å². The van der Waals surface area contributed by atoms with Gasteiger partial charge in [0.25, 0.3) is 0 Å². The van der Waals surface area contributed by atoms with Crippen molar-refractivity contribution >= 4 is 10.8 Å². The van der Waals surface area contributed by atoms with Gasteiger partial charge in [0.05, 0.1) is 22.9 Å². The fraction of sp³-hybridized carbons (Fsp3) is 0.467. The fourth-order valence-corrected chi connectivity index (χ4v) is 3.82. The molecule has 2 heterocycles. The van der Waals surface area contributed by atoms with Gasteiger partial charge >= 0.3 is 0 Å². The van der Waals surface area contributed by atoms with Crippen molar-refractivity contribution in [2.45, 2.75) is 30.4 Å². The minimum atomic E-state index is -1.05. The van der Waals surface area contributed by atoms with Gasteiger partial charge in [0.2, 0.25) is 5.89 Å². The first-order valence-corrected chi connectivity index (χ1v) is 8.61. The third kappa shape index (κ3) is 3.43. The molecule has 1 saturated heterocycles. The van der Waals surface area contributed by atoms with Gasteiger partial charge in [-0.3, -0.25) is 9.11 Å². The summed E-state index contributed by atoms with van der Waals surface area (Å²) >= 11 is 0. The van der Waals surface area contributed by atoms with Gasteiger partial charge in [-0.1, -0.05) is 23.4 Å². The number of hydrogen-bond donors (Lipinski definition) is 1. The van der Waals surface area contributed by atoms with Crippen molar-refractivity contribution in [3.05, 3.63) is 42.0 Å². The molecule has 118 valence electrons. The molecule has 1 aliphatic rings. The van der Waals surface area contributed by atoms with E-state index >= 15 is 0 Å². The third-order valence-corrected chi connectivity index (χ3v) is 5.13. The van der Waals surface area contributed by atoms with E-state index in [1.807, 2.05) is 30.3 Å². The number of aromatic nitrogens is 2. The molecular weight excluding hydrogens is 302 g/mol. The Bertz CT molecular complexity index is 646. The smallest absolute Gasteiger partial charge is 0.244 e. The van der Waals surface area contributed by atoms with Crippen LogP contribution in [-0.4, -0.2) is 49.3 Å². The molecular formula is C15H19N3O3S. The van der Waals surface area contributed by atoms with E-state index in [1.54, 1.807) is 6.92 Å². The summed E-state index contributed by atoms with van der Waals surface area (Å²) in [7, 11) is -1.05. The van der Waals surface area contributed by atoms with Crippen LogP contribution < -0.4 is 0 Å². The highest BCUT2D eigenvalue weighted by molar-refractivity contribution is 7.85. The number of nitrogens with zero attached hydrogens (tertiary/aromatic N) is 3.